The maximum atomic E-state index is 10.5. The van der Waals surface area contributed by atoms with E-state index in [1.54, 1.807) is 0 Å². The zero-order valence-corrected chi connectivity index (χ0v) is 16.8. The minimum Gasteiger partial charge on any atom is -0.508 e. The average molecular weight is 378 g/mol. The first-order chi connectivity index (χ1) is 13.8. The molecule has 4 nitrogen and oxygen atoms in total. The third-order valence-corrected chi connectivity index (χ3v) is 6.01. The lowest BCUT2D eigenvalue weighted by Crippen LogP contribution is -2.15. The summed E-state index contributed by atoms with van der Waals surface area (Å²) < 4.78 is 2.49. The van der Waals surface area contributed by atoms with E-state index in [-0.39, 0.29) is 0 Å². The van der Waals surface area contributed by atoms with Crippen molar-refractivity contribution in [3.05, 3.63) is 59.4 Å². The van der Waals surface area contributed by atoms with E-state index in [1.165, 1.54) is 43.2 Å². The largest absolute Gasteiger partial charge is 0.508 e. The van der Waals surface area contributed by atoms with Gasteiger partial charge in [-0.3, -0.25) is 0 Å². The molecule has 1 fully saturated rings. The minimum absolute atomic E-state index is 0.378. The molecule has 148 valence electrons. The van der Waals surface area contributed by atoms with Gasteiger partial charge in [-0.05, 0) is 57.0 Å². The zero-order chi connectivity index (χ0) is 19.3. The number of hydrogen-bond donors (Lipinski definition) is 2. The van der Waals surface area contributed by atoms with Crippen molar-refractivity contribution in [2.45, 2.75) is 57.4 Å². The summed E-state index contributed by atoms with van der Waals surface area (Å²) in [4.78, 5) is 5.11. The first-order valence-corrected chi connectivity index (χ1v) is 10.7. The molecule has 1 aliphatic carbocycles. The van der Waals surface area contributed by atoms with Crippen LogP contribution in [0, 0.1) is 0 Å². The van der Waals surface area contributed by atoms with Crippen molar-refractivity contribution in [2.75, 3.05) is 13.6 Å². The van der Waals surface area contributed by atoms with E-state index in [4.69, 9.17) is 4.98 Å². The van der Waals surface area contributed by atoms with Crippen LogP contribution in [-0.2, 0) is 12.8 Å². The van der Waals surface area contributed by atoms with Crippen LogP contribution in [0.3, 0.4) is 0 Å². The number of phenols is 1. The van der Waals surface area contributed by atoms with Crippen molar-refractivity contribution in [1.82, 2.24) is 14.9 Å². The van der Waals surface area contributed by atoms with Gasteiger partial charge in [0.2, 0.25) is 0 Å². The van der Waals surface area contributed by atoms with Gasteiger partial charge in [0.25, 0.3) is 0 Å². The topological polar surface area (TPSA) is 50.1 Å². The molecule has 0 bridgehead atoms. The van der Waals surface area contributed by atoms with Gasteiger partial charge in [-0.15, -0.1) is 0 Å². The summed E-state index contributed by atoms with van der Waals surface area (Å²) in [5.74, 6) is 1.51. The van der Waals surface area contributed by atoms with Crippen molar-refractivity contribution in [3.8, 4) is 5.75 Å². The highest BCUT2D eigenvalue weighted by molar-refractivity contribution is 5.82. The summed E-state index contributed by atoms with van der Waals surface area (Å²) >= 11 is 0. The Morgan fingerprint density at radius 1 is 1.07 bits per heavy atom. The fraction of sp³-hybridized carbons (Fsp3) is 0.458. The Balaban J connectivity index is 1.79. The highest BCUT2D eigenvalue weighted by atomic mass is 16.3. The summed E-state index contributed by atoms with van der Waals surface area (Å²) in [5, 5.41) is 13.7. The molecular formula is C24H31N3O. The lowest BCUT2D eigenvalue weighted by atomic mass is 9.94. The number of nitrogens with zero attached hydrogens (tertiary/aromatic N) is 2. The molecule has 0 unspecified atom stereocenters. The number of aryl methyl sites for hydroxylation is 1. The van der Waals surface area contributed by atoms with Crippen LogP contribution in [0.25, 0.3) is 11.0 Å². The van der Waals surface area contributed by atoms with Gasteiger partial charge in [-0.25, -0.2) is 4.98 Å². The van der Waals surface area contributed by atoms with E-state index in [0.717, 1.165) is 42.7 Å². The second-order valence-electron chi connectivity index (χ2n) is 7.99. The van der Waals surface area contributed by atoms with E-state index in [9.17, 15) is 5.11 Å². The lowest BCUT2D eigenvalue weighted by molar-refractivity contribution is 0.353. The van der Waals surface area contributed by atoms with E-state index in [0.29, 0.717) is 11.8 Å². The highest BCUT2D eigenvalue weighted by Crippen LogP contribution is 2.36. The number of imidazole rings is 1. The quantitative estimate of drug-likeness (QED) is 0.570. The van der Waals surface area contributed by atoms with Gasteiger partial charge in [-0.2, -0.15) is 0 Å². The maximum Gasteiger partial charge on any atom is 0.121 e. The van der Waals surface area contributed by atoms with Crippen molar-refractivity contribution in [3.63, 3.8) is 0 Å². The molecule has 1 aliphatic rings. The second-order valence-corrected chi connectivity index (χ2v) is 7.99. The van der Waals surface area contributed by atoms with E-state index in [2.05, 4.69) is 46.3 Å². The number of phenolic OH excluding ortho intramolecular Hbond substituents is 1. The number of benzene rings is 2. The third-order valence-electron chi connectivity index (χ3n) is 6.01. The summed E-state index contributed by atoms with van der Waals surface area (Å²) in [6.07, 6.45) is 9.05. The Kier molecular flexibility index (Phi) is 5.96. The summed E-state index contributed by atoms with van der Waals surface area (Å²) in [6.45, 7) is 0.941. The second kappa shape index (κ2) is 8.78. The molecule has 1 heterocycles. The molecule has 1 saturated carbocycles. The molecule has 28 heavy (non-hydrogen) atoms. The van der Waals surface area contributed by atoms with Crippen LogP contribution in [0.2, 0.25) is 0 Å². The Hall–Kier alpha value is -2.33. The SMILES string of the molecule is CNCCCc1c(O)ccc2c1nc(Cc1ccccc1)n2C1CCCCC1. The van der Waals surface area contributed by atoms with E-state index < -0.39 is 0 Å². The van der Waals surface area contributed by atoms with E-state index in [1.807, 2.05) is 13.1 Å². The van der Waals surface area contributed by atoms with Crippen LogP contribution in [0.4, 0.5) is 0 Å². The van der Waals surface area contributed by atoms with Gasteiger partial charge in [-0.1, -0.05) is 49.6 Å². The van der Waals surface area contributed by atoms with Crippen LogP contribution in [0.1, 0.15) is 61.5 Å². The van der Waals surface area contributed by atoms with Crippen LogP contribution >= 0.6 is 0 Å². The molecule has 0 atom stereocenters. The molecule has 2 N–H and O–H groups in total. The Bertz CT molecular complexity index is 910. The Labute approximate surface area is 167 Å². The highest BCUT2D eigenvalue weighted by Gasteiger charge is 2.23. The number of aromatic hydroxyl groups is 1. The van der Waals surface area contributed by atoms with Crippen molar-refractivity contribution < 1.29 is 5.11 Å². The van der Waals surface area contributed by atoms with Crippen LogP contribution < -0.4 is 5.32 Å². The zero-order valence-electron chi connectivity index (χ0n) is 16.8. The Morgan fingerprint density at radius 3 is 2.61 bits per heavy atom. The smallest absolute Gasteiger partial charge is 0.121 e. The molecule has 1 aromatic heterocycles. The van der Waals surface area contributed by atoms with Crippen molar-refractivity contribution in [1.29, 1.82) is 0 Å². The third kappa shape index (κ3) is 3.93. The molecule has 0 radical (unpaired) electrons. The summed E-state index contributed by atoms with van der Waals surface area (Å²) in [7, 11) is 1.97. The number of hydrogen-bond acceptors (Lipinski definition) is 3. The number of rotatable bonds is 7. The minimum atomic E-state index is 0.378. The van der Waals surface area contributed by atoms with Gasteiger partial charge >= 0.3 is 0 Å². The molecule has 0 amide bonds. The molecule has 0 spiro atoms. The van der Waals surface area contributed by atoms with Crippen molar-refractivity contribution >= 4 is 11.0 Å². The first kappa shape index (κ1) is 19.0. The van der Waals surface area contributed by atoms with Gasteiger partial charge in [0, 0.05) is 18.0 Å². The average Bonchev–Trinajstić information content (AvgIpc) is 3.09. The number of aromatic nitrogens is 2. The molecule has 0 saturated heterocycles. The number of nitrogens with one attached hydrogen (secondary N) is 1. The fourth-order valence-electron chi connectivity index (χ4n) is 4.59. The summed E-state index contributed by atoms with van der Waals surface area (Å²) in [5.41, 5.74) is 4.47. The predicted molar refractivity (Wildman–Crippen MR) is 115 cm³/mol. The first-order valence-electron chi connectivity index (χ1n) is 10.7. The van der Waals surface area contributed by atoms with Crippen molar-refractivity contribution in [2.24, 2.45) is 0 Å². The van der Waals surface area contributed by atoms with Gasteiger partial charge in [0.1, 0.15) is 11.6 Å². The molecule has 4 rings (SSSR count). The van der Waals surface area contributed by atoms with Gasteiger partial charge in [0.05, 0.1) is 11.0 Å². The Morgan fingerprint density at radius 2 is 1.86 bits per heavy atom. The number of fused-ring (bicyclic) bond motifs is 1. The molecule has 2 aromatic carbocycles. The van der Waals surface area contributed by atoms with Gasteiger partial charge in [0.15, 0.2) is 0 Å². The fourth-order valence-corrected chi connectivity index (χ4v) is 4.59. The van der Waals surface area contributed by atoms with E-state index >= 15 is 0 Å². The summed E-state index contributed by atoms with van der Waals surface area (Å²) in [6, 6.07) is 15.1. The molecule has 0 aliphatic heterocycles. The molecule has 4 heteroatoms. The lowest BCUT2D eigenvalue weighted by Gasteiger charge is -2.25. The predicted octanol–water partition coefficient (Wildman–Crippen LogP) is 4.99. The van der Waals surface area contributed by atoms with Crippen LogP contribution in [0.5, 0.6) is 5.75 Å². The van der Waals surface area contributed by atoms with Gasteiger partial charge < -0.3 is 15.0 Å². The molecular weight excluding hydrogens is 346 g/mol. The standard InChI is InChI=1S/C24H31N3O/c1-25-16-8-13-20-22(28)15-14-21-24(20)26-23(17-18-9-4-2-5-10-18)27(21)19-11-6-3-7-12-19/h2,4-5,9-10,14-15,19,25,28H,3,6-8,11-13,16-17H2,1H3. The van der Waals surface area contributed by atoms with Crippen LogP contribution in [-0.4, -0.2) is 28.3 Å². The normalized spacial score (nSPS) is 15.3. The molecule has 3 aromatic rings. The van der Waals surface area contributed by atoms with Crippen LogP contribution in [0.15, 0.2) is 42.5 Å². The monoisotopic (exact) mass is 377 g/mol. The maximum absolute atomic E-state index is 10.5.